The molecule has 4 nitrogen and oxygen atoms in total. The van der Waals surface area contributed by atoms with Gasteiger partial charge in [-0.15, -0.1) is 0 Å². The van der Waals surface area contributed by atoms with E-state index in [0.29, 0.717) is 31.7 Å². The average molecular weight is 495 g/mol. The molecule has 1 heterocycles. The summed E-state index contributed by atoms with van der Waals surface area (Å²) < 4.78 is 1.92. The second kappa shape index (κ2) is 10.3. The summed E-state index contributed by atoms with van der Waals surface area (Å²) >= 11 is 19.9. The second-order valence-corrected chi connectivity index (χ2v) is 9.81. The standard InChI is InChI=1S/C23H22Cl3N3OS/c24-16-8-10-19(11-9-16)29-13-21(22(30)27-18-4-2-1-3-5-18)28-23(29)31-14-15-6-7-17(25)12-20(15)26/h6-13,18H,1-5,14H2,(H,27,30). The quantitative estimate of drug-likeness (QED) is 0.369. The first-order valence-corrected chi connectivity index (χ1v) is 12.3. The lowest BCUT2D eigenvalue weighted by Gasteiger charge is -2.22. The number of nitrogens with zero attached hydrogens (tertiary/aromatic N) is 2. The summed E-state index contributed by atoms with van der Waals surface area (Å²) in [6.07, 6.45) is 7.40. The number of hydrogen-bond acceptors (Lipinski definition) is 3. The van der Waals surface area contributed by atoms with Crippen molar-refractivity contribution in [3.05, 3.63) is 75.0 Å². The van der Waals surface area contributed by atoms with E-state index in [0.717, 1.165) is 36.9 Å². The molecule has 1 aromatic heterocycles. The number of imidazole rings is 1. The van der Waals surface area contributed by atoms with Gasteiger partial charge in [0.1, 0.15) is 5.69 Å². The molecule has 8 heteroatoms. The SMILES string of the molecule is O=C(NC1CCCCC1)c1cn(-c2ccc(Cl)cc2)c(SCc2ccc(Cl)cc2Cl)n1. The van der Waals surface area contributed by atoms with Crippen molar-refractivity contribution in [1.29, 1.82) is 0 Å². The number of carbonyl (C=O) groups excluding carboxylic acids is 1. The number of amides is 1. The zero-order valence-electron chi connectivity index (χ0n) is 16.8. The molecule has 0 radical (unpaired) electrons. The number of thioether (sulfide) groups is 1. The molecule has 1 amide bonds. The van der Waals surface area contributed by atoms with Crippen LogP contribution in [-0.2, 0) is 5.75 Å². The van der Waals surface area contributed by atoms with Gasteiger partial charge in [-0.3, -0.25) is 9.36 Å². The summed E-state index contributed by atoms with van der Waals surface area (Å²) in [6, 6.07) is 13.1. The van der Waals surface area contributed by atoms with Crippen molar-refractivity contribution in [2.45, 2.75) is 49.1 Å². The Morgan fingerprint density at radius 1 is 1.03 bits per heavy atom. The highest BCUT2D eigenvalue weighted by Gasteiger charge is 2.20. The Morgan fingerprint density at radius 2 is 1.74 bits per heavy atom. The van der Waals surface area contributed by atoms with Crippen molar-refractivity contribution in [2.75, 3.05) is 0 Å². The van der Waals surface area contributed by atoms with E-state index >= 15 is 0 Å². The van der Waals surface area contributed by atoms with Gasteiger partial charge < -0.3 is 5.32 Å². The van der Waals surface area contributed by atoms with Gasteiger partial charge in [-0.25, -0.2) is 4.98 Å². The fraction of sp³-hybridized carbons (Fsp3) is 0.304. The summed E-state index contributed by atoms with van der Waals surface area (Å²) in [7, 11) is 0. The smallest absolute Gasteiger partial charge is 0.271 e. The maximum Gasteiger partial charge on any atom is 0.271 e. The van der Waals surface area contributed by atoms with E-state index in [2.05, 4.69) is 10.3 Å². The van der Waals surface area contributed by atoms with Gasteiger partial charge in [0.05, 0.1) is 0 Å². The van der Waals surface area contributed by atoms with Crippen LogP contribution >= 0.6 is 46.6 Å². The number of nitrogens with one attached hydrogen (secondary N) is 1. The molecule has 0 spiro atoms. The molecule has 0 bridgehead atoms. The fourth-order valence-corrected chi connectivity index (χ4v) is 5.33. The van der Waals surface area contributed by atoms with Crippen molar-refractivity contribution in [3.8, 4) is 5.69 Å². The van der Waals surface area contributed by atoms with E-state index in [1.807, 2.05) is 41.0 Å². The third-order valence-electron chi connectivity index (χ3n) is 5.32. The number of rotatable bonds is 6. The van der Waals surface area contributed by atoms with Crippen molar-refractivity contribution in [3.63, 3.8) is 0 Å². The van der Waals surface area contributed by atoms with Crippen molar-refractivity contribution in [1.82, 2.24) is 14.9 Å². The monoisotopic (exact) mass is 493 g/mol. The zero-order valence-corrected chi connectivity index (χ0v) is 19.9. The minimum absolute atomic E-state index is 0.133. The van der Waals surface area contributed by atoms with Crippen LogP contribution in [0.4, 0.5) is 0 Å². The molecule has 0 atom stereocenters. The van der Waals surface area contributed by atoms with Crippen LogP contribution in [-0.4, -0.2) is 21.5 Å². The van der Waals surface area contributed by atoms with Crippen molar-refractivity contribution in [2.24, 2.45) is 0 Å². The van der Waals surface area contributed by atoms with Crippen molar-refractivity contribution >= 4 is 52.5 Å². The van der Waals surface area contributed by atoms with Crippen LogP contribution in [0.1, 0.15) is 48.2 Å². The van der Waals surface area contributed by atoms with E-state index in [1.54, 1.807) is 12.3 Å². The van der Waals surface area contributed by atoms with Crippen LogP contribution in [0.25, 0.3) is 5.69 Å². The summed E-state index contributed by atoms with van der Waals surface area (Å²) in [5, 5.41) is 5.72. The van der Waals surface area contributed by atoms with Gasteiger partial charge in [-0.1, -0.05) is 71.9 Å². The molecule has 2 aromatic carbocycles. The molecule has 162 valence electrons. The summed E-state index contributed by atoms with van der Waals surface area (Å²) in [6.45, 7) is 0. The number of carbonyl (C=O) groups is 1. The molecule has 3 aromatic rings. The molecular weight excluding hydrogens is 473 g/mol. The summed E-state index contributed by atoms with van der Waals surface area (Å²) in [5.74, 6) is 0.468. The molecule has 31 heavy (non-hydrogen) atoms. The third-order valence-corrected chi connectivity index (χ3v) is 7.16. The first-order valence-electron chi connectivity index (χ1n) is 10.2. The average Bonchev–Trinajstić information content (AvgIpc) is 3.19. The lowest BCUT2D eigenvalue weighted by molar-refractivity contribution is 0.0923. The first kappa shape index (κ1) is 22.5. The van der Waals surface area contributed by atoms with Gasteiger partial charge >= 0.3 is 0 Å². The predicted molar refractivity (Wildman–Crippen MR) is 129 cm³/mol. The van der Waals surface area contributed by atoms with E-state index in [1.165, 1.54) is 18.2 Å². The second-order valence-electron chi connectivity index (χ2n) is 7.59. The Hall–Kier alpha value is -1.66. The number of benzene rings is 2. The molecule has 0 aliphatic heterocycles. The topological polar surface area (TPSA) is 46.9 Å². The zero-order chi connectivity index (χ0) is 21.8. The van der Waals surface area contributed by atoms with Crippen LogP contribution < -0.4 is 5.32 Å². The first-order chi connectivity index (χ1) is 15.0. The molecule has 1 fully saturated rings. The highest BCUT2D eigenvalue weighted by Crippen LogP contribution is 2.30. The summed E-state index contributed by atoms with van der Waals surface area (Å²) in [5.41, 5.74) is 2.25. The minimum atomic E-state index is -0.133. The van der Waals surface area contributed by atoms with Gasteiger partial charge in [0.25, 0.3) is 5.91 Å². The van der Waals surface area contributed by atoms with E-state index < -0.39 is 0 Å². The number of hydrogen-bond donors (Lipinski definition) is 1. The Kier molecular flexibility index (Phi) is 7.49. The molecule has 1 N–H and O–H groups in total. The van der Waals surface area contributed by atoms with E-state index in [9.17, 15) is 4.79 Å². The summed E-state index contributed by atoms with van der Waals surface area (Å²) in [4.78, 5) is 17.5. The van der Waals surface area contributed by atoms with E-state index in [-0.39, 0.29) is 11.9 Å². The molecule has 1 aliphatic rings. The van der Waals surface area contributed by atoms with Gasteiger partial charge in [-0.05, 0) is 54.8 Å². The maximum absolute atomic E-state index is 12.9. The molecular formula is C23H22Cl3N3OS. The maximum atomic E-state index is 12.9. The molecule has 1 saturated carbocycles. The largest absolute Gasteiger partial charge is 0.348 e. The van der Waals surface area contributed by atoms with Gasteiger partial charge in [0, 0.05) is 38.7 Å². The Balaban J connectivity index is 1.58. The van der Waals surface area contributed by atoms with Gasteiger partial charge in [0.15, 0.2) is 5.16 Å². The predicted octanol–water partition coefficient (Wildman–Crippen LogP) is 7.19. The van der Waals surface area contributed by atoms with Gasteiger partial charge in [-0.2, -0.15) is 0 Å². The highest BCUT2D eigenvalue weighted by atomic mass is 35.5. The van der Waals surface area contributed by atoms with Gasteiger partial charge in [0.2, 0.25) is 0 Å². The van der Waals surface area contributed by atoms with Crippen LogP contribution in [0.3, 0.4) is 0 Å². The van der Waals surface area contributed by atoms with E-state index in [4.69, 9.17) is 34.8 Å². The fourth-order valence-electron chi connectivity index (χ4n) is 3.65. The Bertz CT molecular complexity index is 1060. The normalized spacial score (nSPS) is 14.5. The lowest BCUT2D eigenvalue weighted by Crippen LogP contribution is -2.36. The van der Waals surface area contributed by atoms with Crippen LogP contribution in [0.5, 0.6) is 0 Å². The van der Waals surface area contributed by atoms with Crippen LogP contribution in [0.15, 0.2) is 53.8 Å². The highest BCUT2D eigenvalue weighted by molar-refractivity contribution is 7.98. The van der Waals surface area contributed by atoms with Crippen molar-refractivity contribution < 1.29 is 4.79 Å². The van der Waals surface area contributed by atoms with Crippen LogP contribution in [0.2, 0.25) is 15.1 Å². The third kappa shape index (κ3) is 5.78. The number of aromatic nitrogens is 2. The van der Waals surface area contributed by atoms with Crippen LogP contribution in [0, 0.1) is 0 Å². The molecule has 0 unspecified atom stereocenters. The molecule has 0 saturated heterocycles. The number of halogens is 3. The Labute approximate surface area is 201 Å². The molecule has 4 rings (SSSR count). The minimum Gasteiger partial charge on any atom is -0.348 e. The lowest BCUT2D eigenvalue weighted by atomic mass is 9.95. The Morgan fingerprint density at radius 3 is 2.45 bits per heavy atom. The molecule has 1 aliphatic carbocycles.